The van der Waals surface area contributed by atoms with E-state index in [1.165, 1.54) is 11.3 Å². The highest BCUT2D eigenvalue weighted by molar-refractivity contribution is 7.20. The number of nitrogens with one attached hydrogen (secondary N) is 1. The highest BCUT2D eigenvalue weighted by Crippen LogP contribution is 2.35. The molecule has 32 heavy (non-hydrogen) atoms. The average molecular weight is 475 g/mol. The summed E-state index contributed by atoms with van der Waals surface area (Å²) in [6, 6.07) is 12.8. The number of aromatic nitrogens is 2. The molecule has 1 amide bonds. The van der Waals surface area contributed by atoms with E-state index in [0.29, 0.717) is 35.6 Å². The van der Waals surface area contributed by atoms with Crippen LogP contribution in [0, 0.1) is 0 Å². The third-order valence-electron chi connectivity index (χ3n) is 6.07. The summed E-state index contributed by atoms with van der Waals surface area (Å²) in [6.07, 6.45) is 6.10. The van der Waals surface area contributed by atoms with Crippen molar-refractivity contribution in [1.29, 1.82) is 0 Å². The summed E-state index contributed by atoms with van der Waals surface area (Å²) in [5, 5.41) is 4.19. The molecule has 2 saturated heterocycles. The van der Waals surface area contributed by atoms with Crippen LogP contribution in [0.3, 0.4) is 0 Å². The minimum atomic E-state index is 0. The van der Waals surface area contributed by atoms with Crippen LogP contribution in [0.1, 0.15) is 32.6 Å². The van der Waals surface area contributed by atoms with Crippen molar-refractivity contribution in [2.75, 3.05) is 13.2 Å². The molecule has 1 N–H and O–H groups in total. The molecule has 170 valence electrons. The molecule has 0 aliphatic carbocycles. The predicted octanol–water partition coefficient (Wildman–Crippen LogP) is 4.42. The zero-order chi connectivity index (χ0) is 21.2. The number of amides is 1. The Morgan fingerprint density at radius 3 is 2.56 bits per heavy atom. The number of carbonyl (C=O) groups excluding carboxylic acids is 1. The standard InChI is InChI=1S/C23H26N4O3S.ClH/c1-15(28)27-17-4-5-18(27)14-16(13-17)24-11-12-29-19-6-8-20(9-7-19)30-23-26-22-21(31-23)3-2-10-25-22;/h2-3,6-10,16-18,24H,4-5,11-14H2,1H3;1H/t16?,17-,18+;. The van der Waals surface area contributed by atoms with Crippen molar-refractivity contribution in [3.05, 3.63) is 42.6 Å². The van der Waals surface area contributed by atoms with Gasteiger partial charge in [0.1, 0.15) is 18.1 Å². The van der Waals surface area contributed by atoms with E-state index in [0.717, 1.165) is 48.4 Å². The normalized spacial score (nSPS) is 21.9. The number of piperidine rings is 1. The summed E-state index contributed by atoms with van der Waals surface area (Å²) < 4.78 is 12.7. The van der Waals surface area contributed by atoms with E-state index in [-0.39, 0.29) is 18.3 Å². The van der Waals surface area contributed by atoms with Gasteiger partial charge in [0, 0.05) is 37.8 Å². The Kier molecular flexibility index (Phi) is 7.13. The second-order valence-electron chi connectivity index (χ2n) is 8.16. The molecule has 2 aromatic heterocycles. The number of thiazole rings is 1. The first-order valence-corrected chi connectivity index (χ1v) is 11.6. The summed E-state index contributed by atoms with van der Waals surface area (Å²) in [5.41, 5.74) is 0.704. The topological polar surface area (TPSA) is 76.6 Å². The number of halogens is 1. The molecule has 3 aromatic rings. The predicted molar refractivity (Wildman–Crippen MR) is 127 cm³/mol. The van der Waals surface area contributed by atoms with Gasteiger partial charge in [0.05, 0.1) is 4.70 Å². The van der Waals surface area contributed by atoms with Gasteiger partial charge in [-0.1, -0.05) is 11.3 Å². The second-order valence-corrected chi connectivity index (χ2v) is 9.15. The Hall–Kier alpha value is -2.42. The zero-order valence-electron chi connectivity index (χ0n) is 17.9. The van der Waals surface area contributed by atoms with Crippen molar-refractivity contribution >= 4 is 40.0 Å². The monoisotopic (exact) mass is 474 g/mol. The number of hydrogen-bond acceptors (Lipinski definition) is 7. The number of benzene rings is 1. The van der Waals surface area contributed by atoms with Crippen LogP contribution < -0.4 is 14.8 Å². The van der Waals surface area contributed by atoms with Gasteiger partial charge in [-0.15, -0.1) is 12.4 Å². The van der Waals surface area contributed by atoms with Crippen molar-refractivity contribution in [2.24, 2.45) is 0 Å². The lowest BCUT2D eigenvalue weighted by Crippen LogP contribution is -2.51. The van der Waals surface area contributed by atoms with Gasteiger partial charge < -0.3 is 19.7 Å². The van der Waals surface area contributed by atoms with Crippen LogP contribution in [-0.4, -0.2) is 52.1 Å². The Bertz CT molecular complexity index is 1010. The van der Waals surface area contributed by atoms with E-state index in [2.05, 4.69) is 20.2 Å². The fourth-order valence-electron chi connectivity index (χ4n) is 4.79. The summed E-state index contributed by atoms with van der Waals surface area (Å²) in [5.74, 6) is 1.75. The van der Waals surface area contributed by atoms with E-state index >= 15 is 0 Å². The van der Waals surface area contributed by atoms with Crippen LogP contribution >= 0.6 is 23.7 Å². The molecule has 9 heteroatoms. The summed E-state index contributed by atoms with van der Waals surface area (Å²) in [4.78, 5) is 22.5. The van der Waals surface area contributed by atoms with Crippen molar-refractivity contribution in [2.45, 2.75) is 50.7 Å². The molecule has 1 aromatic carbocycles. The Morgan fingerprint density at radius 1 is 1.16 bits per heavy atom. The van der Waals surface area contributed by atoms with Gasteiger partial charge in [-0.3, -0.25) is 4.79 Å². The molecular weight excluding hydrogens is 448 g/mol. The van der Waals surface area contributed by atoms with E-state index in [1.807, 2.05) is 36.4 Å². The molecule has 2 aliphatic heterocycles. The number of fused-ring (bicyclic) bond motifs is 3. The number of carbonyl (C=O) groups is 1. The number of nitrogens with zero attached hydrogens (tertiary/aromatic N) is 3. The molecule has 0 spiro atoms. The van der Waals surface area contributed by atoms with Crippen LogP contribution in [0.15, 0.2) is 42.6 Å². The summed E-state index contributed by atoms with van der Waals surface area (Å²) in [7, 11) is 0. The maximum absolute atomic E-state index is 11.8. The molecule has 0 saturated carbocycles. The van der Waals surface area contributed by atoms with Crippen molar-refractivity contribution in [3.8, 4) is 16.7 Å². The molecule has 7 nitrogen and oxygen atoms in total. The maximum Gasteiger partial charge on any atom is 0.281 e. The second kappa shape index (κ2) is 10.0. The third-order valence-corrected chi connectivity index (χ3v) is 6.96. The van der Waals surface area contributed by atoms with Crippen LogP contribution in [0.5, 0.6) is 16.7 Å². The molecule has 0 radical (unpaired) electrons. The lowest BCUT2D eigenvalue weighted by Gasteiger charge is -2.38. The first kappa shape index (κ1) is 22.8. The van der Waals surface area contributed by atoms with Gasteiger partial charge in [0.25, 0.3) is 5.19 Å². The maximum atomic E-state index is 11.8. The molecule has 2 bridgehead atoms. The third kappa shape index (κ3) is 4.98. The number of rotatable bonds is 7. The fraction of sp³-hybridized carbons (Fsp3) is 0.435. The summed E-state index contributed by atoms with van der Waals surface area (Å²) >= 11 is 1.48. The van der Waals surface area contributed by atoms with Crippen molar-refractivity contribution < 1.29 is 14.3 Å². The van der Waals surface area contributed by atoms with Crippen molar-refractivity contribution in [1.82, 2.24) is 20.2 Å². The van der Waals surface area contributed by atoms with Gasteiger partial charge >= 0.3 is 0 Å². The molecule has 5 rings (SSSR count). The first-order valence-electron chi connectivity index (χ1n) is 10.8. The zero-order valence-corrected chi connectivity index (χ0v) is 19.5. The summed E-state index contributed by atoms with van der Waals surface area (Å²) in [6.45, 7) is 3.09. The lowest BCUT2D eigenvalue weighted by molar-refractivity contribution is -0.133. The van der Waals surface area contributed by atoms with Gasteiger partial charge in [-0.05, 0) is 62.1 Å². The first-order chi connectivity index (χ1) is 15.2. The molecule has 3 atom stereocenters. The number of hydrogen-bond donors (Lipinski definition) is 1. The smallest absolute Gasteiger partial charge is 0.281 e. The van der Waals surface area contributed by atoms with Gasteiger partial charge in [0.2, 0.25) is 5.91 Å². The fourth-order valence-corrected chi connectivity index (χ4v) is 5.58. The van der Waals surface area contributed by atoms with Crippen LogP contribution in [-0.2, 0) is 4.79 Å². The minimum Gasteiger partial charge on any atom is -0.492 e. The van der Waals surface area contributed by atoms with Crippen LogP contribution in [0.25, 0.3) is 10.3 Å². The Morgan fingerprint density at radius 2 is 1.88 bits per heavy atom. The van der Waals surface area contributed by atoms with E-state index in [9.17, 15) is 4.79 Å². The van der Waals surface area contributed by atoms with Crippen molar-refractivity contribution in [3.63, 3.8) is 0 Å². The molecule has 2 fully saturated rings. The highest BCUT2D eigenvalue weighted by atomic mass is 35.5. The molecule has 4 heterocycles. The van der Waals surface area contributed by atoms with Crippen LogP contribution in [0.2, 0.25) is 0 Å². The Labute approximate surface area is 197 Å². The van der Waals surface area contributed by atoms with Gasteiger partial charge in [-0.25, -0.2) is 4.98 Å². The number of pyridine rings is 1. The largest absolute Gasteiger partial charge is 0.492 e. The average Bonchev–Trinajstić information content (AvgIpc) is 3.30. The van der Waals surface area contributed by atoms with E-state index in [1.54, 1.807) is 13.1 Å². The number of ether oxygens (including phenoxy) is 2. The van der Waals surface area contributed by atoms with Crippen LogP contribution in [0.4, 0.5) is 0 Å². The van der Waals surface area contributed by atoms with E-state index < -0.39 is 0 Å². The highest BCUT2D eigenvalue weighted by Gasteiger charge is 2.41. The van der Waals surface area contributed by atoms with Gasteiger partial charge in [-0.2, -0.15) is 4.98 Å². The van der Waals surface area contributed by atoms with E-state index in [4.69, 9.17) is 9.47 Å². The molecular formula is C23H27ClN4O3S. The minimum absolute atomic E-state index is 0. The molecule has 1 unspecified atom stereocenters. The quantitative estimate of drug-likeness (QED) is 0.511. The Balaban J connectivity index is 0.00000245. The van der Waals surface area contributed by atoms with Gasteiger partial charge in [0.15, 0.2) is 5.65 Å². The SMILES string of the molecule is CC(=O)N1[C@@H]2CC[C@H]1CC(NCCOc1ccc(Oc3nc4ncccc4s3)cc1)C2.Cl. The lowest BCUT2D eigenvalue weighted by atomic mass is 9.97. The molecule has 2 aliphatic rings.